The van der Waals surface area contributed by atoms with E-state index in [2.05, 4.69) is 118 Å². The fraction of sp³-hybridized carbons (Fsp3) is 0.289. The number of imidazole rings is 2. The molecule has 1 fully saturated rings. The van der Waals surface area contributed by atoms with Gasteiger partial charge in [-0.1, -0.05) is 25.0 Å². The van der Waals surface area contributed by atoms with Gasteiger partial charge in [0.2, 0.25) is 0 Å². The number of benzene rings is 2. The standard InChI is InChI=1S/C45H46N12/c1-27(2)48-38-22-31(54-16-8-9-17-54)20-36-41(38)56(25-46-36)44-33-14-15-34-35(33)24-40(52-43(50-29(5)51-44)30-12-6-7-13-30)53-45(34)57-26-47-37-21-32(55-18-10-11-19-55)23-39(42(37)57)49-28(3)4/h8-11,14-23,25-28,30,48-49H,6-7,12-13,24H2,1-5H3/b44-33?,50-29+,50-43?,51-29?,51-44+,52-40?,52-43-. The van der Waals surface area contributed by atoms with Crippen LogP contribution in [0.2, 0.25) is 0 Å². The van der Waals surface area contributed by atoms with Crippen LogP contribution in [0.15, 0.2) is 135 Å². The van der Waals surface area contributed by atoms with Gasteiger partial charge in [0, 0.05) is 71.7 Å². The summed E-state index contributed by atoms with van der Waals surface area (Å²) in [4.78, 5) is 31.2. The number of allylic oxidation sites excluding steroid dienone is 4. The van der Waals surface area contributed by atoms with E-state index >= 15 is 0 Å². The molecule has 0 radical (unpaired) electrons. The minimum atomic E-state index is 0.193. The highest BCUT2D eigenvalue weighted by molar-refractivity contribution is 6.18. The molecule has 0 amide bonds. The Bertz CT molecular complexity index is 2770. The molecule has 12 nitrogen and oxygen atoms in total. The minimum absolute atomic E-state index is 0.193. The lowest BCUT2D eigenvalue weighted by atomic mass is 9.98. The van der Waals surface area contributed by atoms with Gasteiger partial charge >= 0.3 is 0 Å². The molecule has 0 unspecified atom stereocenters. The normalized spacial score (nSPS) is 20.1. The lowest BCUT2D eigenvalue weighted by Gasteiger charge is -2.23. The van der Waals surface area contributed by atoms with E-state index in [4.69, 9.17) is 29.9 Å². The van der Waals surface area contributed by atoms with Crippen molar-refractivity contribution in [2.75, 3.05) is 10.6 Å². The van der Waals surface area contributed by atoms with E-state index in [0.717, 1.165) is 97.7 Å². The maximum Gasteiger partial charge on any atom is 0.148 e. The van der Waals surface area contributed by atoms with Crippen LogP contribution < -0.4 is 10.6 Å². The van der Waals surface area contributed by atoms with Crippen molar-refractivity contribution in [2.24, 2.45) is 25.9 Å². The zero-order chi connectivity index (χ0) is 38.8. The molecule has 2 aromatic carbocycles. The van der Waals surface area contributed by atoms with Crippen molar-refractivity contribution in [3.8, 4) is 11.4 Å². The number of hydrogen-bond acceptors (Lipinski definition) is 8. The molecule has 1 saturated carbocycles. The van der Waals surface area contributed by atoms with Gasteiger partial charge in [-0.05, 0) is 102 Å². The number of nitrogens with zero attached hydrogens (tertiary/aromatic N) is 10. The van der Waals surface area contributed by atoms with Crippen LogP contribution in [-0.4, -0.2) is 63.7 Å². The zero-order valence-electron chi connectivity index (χ0n) is 33.0. The smallest absolute Gasteiger partial charge is 0.148 e. The molecule has 6 aromatic rings. The molecule has 0 saturated heterocycles. The lowest BCUT2D eigenvalue weighted by molar-refractivity contribution is 0.722. The first-order chi connectivity index (χ1) is 27.8. The number of aromatic nitrogens is 6. The molecule has 12 heteroatoms. The molecule has 2 aliphatic carbocycles. The van der Waals surface area contributed by atoms with Crippen molar-refractivity contribution in [3.05, 3.63) is 115 Å². The number of hydrogen-bond donors (Lipinski definition) is 2. The van der Waals surface area contributed by atoms with Crippen molar-refractivity contribution < 1.29 is 0 Å². The predicted molar refractivity (Wildman–Crippen MR) is 232 cm³/mol. The summed E-state index contributed by atoms with van der Waals surface area (Å²) in [5.74, 6) is 4.02. The van der Waals surface area contributed by atoms with Crippen LogP contribution in [-0.2, 0) is 0 Å². The second kappa shape index (κ2) is 13.9. The number of aliphatic imine (C=N–C) groups is 4. The van der Waals surface area contributed by atoms with Gasteiger partial charge in [-0.25, -0.2) is 29.9 Å². The fourth-order valence-electron chi connectivity index (χ4n) is 8.60. The van der Waals surface area contributed by atoms with Gasteiger partial charge in [0.05, 0.1) is 33.4 Å². The van der Waals surface area contributed by atoms with Crippen LogP contribution in [0.5, 0.6) is 0 Å². The monoisotopic (exact) mass is 754 g/mol. The van der Waals surface area contributed by atoms with E-state index < -0.39 is 0 Å². The Morgan fingerprint density at radius 3 is 1.81 bits per heavy atom. The molecule has 2 bridgehead atoms. The average Bonchev–Trinajstić information content (AvgIpc) is 4.04. The van der Waals surface area contributed by atoms with Gasteiger partial charge in [0.15, 0.2) is 0 Å². The van der Waals surface area contributed by atoms with E-state index in [0.29, 0.717) is 12.3 Å². The summed E-state index contributed by atoms with van der Waals surface area (Å²) in [5.41, 5.74) is 10.8. The molecule has 2 N–H and O–H groups in total. The largest absolute Gasteiger partial charge is 0.381 e. The number of fused-ring (bicyclic) bond motifs is 3. The average molecular weight is 755 g/mol. The van der Waals surface area contributed by atoms with Gasteiger partial charge in [0.1, 0.15) is 41.8 Å². The van der Waals surface area contributed by atoms with Gasteiger partial charge in [0.25, 0.3) is 0 Å². The highest BCUT2D eigenvalue weighted by Crippen LogP contribution is 2.41. The molecular weight excluding hydrogens is 709 g/mol. The summed E-state index contributed by atoms with van der Waals surface area (Å²) < 4.78 is 8.48. The summed E-state index contributed by atoms with van der Waals surface area (Å²) in [5, 5.41) is 7.44. The van der Waals surface area contributed by atoms with Gasteiger partial charge in [-0.3, -0.25) is 9.13 Å². The molecule has 286 valence electrons. The molecule has 0 spiro atoms. The topological polar surface area (TPSA) is 119 Å². The van der Waals surface area contributed by atoms with Gasteiger partial charge in [-0.15, -0.1) is 0 Å². The van der Waals surface area contributed by atoms with E-state index in [1.165, 1.54) is 12.8 Å². The summed E-state index contributed by atoms with van der Waals surface area (Å²) in [6.45, 7) is 10.6. The zero-order valence-corrected chi connectivity index (χ0v) is 33.0. The fourth-order valence-corrected chi connectivity index (χ4v) is 8.60. The van der Waals surface area contributed by atoms with Crippen LogP contribution in [0, 0.1) is 5.92 Å². The first-order valence-electron chi connectivity index (χ1n) is 20.1. The van der Waals surface area contributed by atoms with Crippen molar-refractivity contribution in [1.82, 2.24) is 28.2 Å². The third-order valence-electron chi connectivity index (χ3n) is 11.0. The van der Waals surface area contributed by atoms with Gasteiger partial charge < -0.3 is 19.8 Å². The minimum Gasteiger partial charge on any atom is -0.381 e. The summed E-state index contributed by atoms with van der Waals surface area (Å²) in [6, 6.07) is 17.2. The molecule has 6 heterocycles. The Labute approximate surface area is 331 Å². The first kappa shape index (κ1) is 34.9. The van der Waals surface area contributed by atoms with Crippen molar-refractivity contribution >= 4 is 62.6 Å². The molecule has 4 aromatic heterocycles. The first-order valence-corrected chi connectivity index (χ1v) is 20.1. The Morgan fingerprint density at radius 2 is 1.21 bits per heavy atom. The SMILES string of the molecule is CC1=N\C(C2CCCC2)=N/C2=NC(n3cnc4cc(-n5cccc5)cc(NC(C)C)c43)=C3C=CC(=C3C2)/C(n2cnc3cc(-n4cccc4)cc(NC(C)C)c32)=N\1. The third kappa shape index (κ3) is 6.25. The number of amidine groups is 3. The summed E-state index contributed by atoms with van der Waals surface area (Å²) in [6.07, 6.45) is 21.4. The highest BCUT2D eigenvalue weighted by Gasteiger charge is 2.32. The third-order valence-corrected chi connectivity index (χ3v) is 11.0. The second-order valence-electron chi connectivity index (χ2n) is 15.9. The highest BCUT2D eigenvalue weighted by atomic mass is 15.2. The Kier molecular flexibility index (Phi) is 8.49. The van der Waals surface area contributed by atoms with Gasteiger partial charge in [-0.2, -0.15) is 0 Å². The molecule has 4 aliphatic rings. The van der Waals surface area contributed by atoms with Crippen LogP contribution in [0.25, 0.3) is 39.3 Å². The summed E-state index contributed by atoms with van der Waals surface area (Å²) in [7, 11) is 0. The van der Waals surface area contributed by atoms with Crippen molar-refractivity contribution in [1.29, 1.82) is 0 Å². The number of rotatable bonds is 8. The van der Waals surface area contributed by atoms with Crippen molar-refractivity contribution in [2.45, 2.75) is 78.8 Å². The molecule has 0 atom stereocenters. The van der Waals surface area contributed by atoms with E-state index in [9.17, 15) is 0 Å². The van der Waals surface area contributed by atoms with E-state index in [-0.39, 0.29) is 18.0 Å². The van der Waals surface area contributed by atoms with E-state index in [1.54, 1.807) is 0 Å². The number of anilines is 2. The van der Waals surface area contributed by atoms with Crippen LogP contribution in [0.3, 0.4) is 0 Å². The summed E-state index contributed by atoms with van der Waals surface area (Å²) >= 11 is 0. The molecule has 10 rings (SSSR count). The second-order valence-corrected chi connectivity index (χ2v) is 15.9. The molecule has 57 heavy (non-hydrogen) atoms. The molecular formula is C45H46N12. The van der Waals surface area contributed by atoms with E-state index in [1.807, 2.05) is 43.8 Å². The Hall–Kier alpha value is -6.56. The predicted octanol–water partition coefficient (Wildman–Crippen LogP) is 9.41. The lowest BCUT2D eigenvalue weighted by Crippen LogP contribution is -2.22. The Morgan fingerprint density at radius 1 is 0.649 bits per heavy atom. The maximum absolute atomic E-state index is 5.38. The molecule has 2 aliphatic heterocycles. The quantitative estimate of drug-likeness (QED) is 0.161. The Balaban J connectivity index is 1.20. The number of nitrogens with one attached hydrogen (secondary N) is 2. The van der Waals surface area contributed by atoms with Crippen LogP contribution in [0.1, 0.15) is 66.7 Å². The maximum atomic E-state index is 5.38. The van der Waals surface area contributed by atoms with Crippen LogP contribution >= 0.6 is 0 Å². The van der Waals surface area contributed by atoms with Crippen LogP contribution in [0.4, 0.5) is 11.4 Å². The van der Waals surface area contributed by atoms with Crippen molar-refractivity contribution in [3.63, 3.8) is 0 Å².